The Bertz CT molecular complexity index is 546. The maximum Gasteiger partial charge on any atom is 0.250 e. The van der Waals surface area contributed by atoms with Gasteiger partial charge < -0.3 is 10.2 Å². The average Bonchev–Trinajstić information content (AvgIpc) is 2.31. The molecule has 1 aliphatic heterocycles. The predicted molar refractivity (Wildman–Crippen MR) is 82.7 cm³/mol. The number of nitrogens with one attached hydrogen (secondary N) is 1. The largest absolute Gasteiger partial charge is 0.342 e. The number of carbonyl (C=O) groups excluding carboxylic acids is 2. The number of hydrogen-bond acceptors (Lipinski definition) is 2. The molecule has 108 valence electrons. The monoisotopic (exact) mass is 338 g/mol. The lowest BCUT2D eigenvalue weighted by Crippen LogP contribution is -2.60. The van der Waals surface area contributed by atoms with Crippen molar-refractivity contribution in [3.8, 4) is 0 Å². The fourth-order valence-electron chi connectivity index (χ4n) is 2.64. The van der Waals surface area contributed by atoms with E-state index in [0.29, 0.717) is 0 Å². The zero-order valence-electron chi connectivity index (χ0n) is 12.2. The van der Waals surface area contributed by atoms with E-state index in [2.05, 4.69) is 21.2 Å². The van der Waals surface area contributed by atoms with Crippen molar-refractivity contribution in [2.45, 2.75) is 33.7 Å². The van der Waals surface area contributed by atoms with E-state index in [1.807, 2.05) is 39.8 Å². The molecule has 1 aliphatic rings. The zero-order chi connectivity index (χ0) is 15.0. The number of anilines is 1. The number of piperazine rings is 1. The molecule has 0 saturated carbocycles. The fourth-order valence-corrected chi connectivity index (χ4v) is 3.33. The highest BCUT2D eigenvalue weighted by atomic mass is 79.9. The van der Waals surface area contributed by atoms with Gasteiger partial charge in [-0.3, -0.25) is 9.59 Å². The molecule has 0 spiro atoms. The highest BCUT2D eigenvalue weighted by molar-refractivity contribution is 9.10. The van der Waals surface area contributed by atoms with Gasteiger partial charge >= 0.3 is 0 Å². The van der Waals surface area contributed by atoms with Gasteiger partial charge in [-0.25, -0.2) is 0 Å². The molecule has 4 nitrogen and oxygen atoms in total. The van der Waals surface area contributed by atoms with Crippen molar-refractivity contribution in [1.29, 1.82) is 0 Å². The van der Waals surface area contributed by atoms with Gasteiger partial charge in [-0.1, -0.05) is 29.8 Å². The summed E-state index contributed by atoms with van der Waals surface area (Å²) in [6, 6.07) is 3.48. The highest BCUT2D eigenvalue weighted by Crippen LogP contribution is 2.30. The van der Waals surface area contributed by atoms with Crippen LogP contribution in [0.25, 0.3) is 0 Å². The molecular formula is C15H19BrN2O2. The first kappa shape index (κ1) is 15.0. The third kappa shape index (κ3) is 2.73. The summed E-state index contributed by atoms with van der Waals surface area (Å²) in [5.74, 6) is -0.0662. The molecule has 1 N–H and O–H groups in total. The third-order valence-corrected chi connectivity index (χ3v) is 4.00. The van der Waals surface area contributed by atoms with Gasteiger partial charge in [-0.15, -0.1) is 0 Å². The molecule has 1 aromatic rings. The Morgan fingerprint density at radius 2 is 1.80 bits per heavy atom. The summed E-state index contributed by atoms with van der Waals surface area (Å²) in [4.78, 5) is 26.1. The minimum Gasteiger partial charge on any atom is -0.342 e. The second-order valence-corrected chi connectivity index (χ2v) is 6.52. The highest BCUT2D eigenvalue weighted by Gasteiger charge is 2.36. The van der Waals surface area contributed by atoms with Crippen LogP contribution in [0.5, 0.6) is 0 Å². The third-order valence-electron chi connectivity index (χ3n) is 3.54. The molecule has 1 atom stereocenters. The molecule has 1 heterocycles. The summed E-state index contributed by atoms with van der Waals surface area (Å²) >= 11 is 3.45. The van der Waals surface area contributed by atoms with Gasteiger partial charge in [0.2, 0.25) is 11.8 Å². The Balaban J connectivity index is 2.46. The summed E-state index contributed by atoms with van der Waals surface area (Å²) in [5.41, 5.74) is 2.82. The predicted octanol–water partition coefficient (Wildman–Crippen LogP) is 2.55. The van der Waals surface area contributed by atoms with E-state index in [-0.39, 0.29) is 24.3 Å². The van der Waals surface area contributed by atoms with Crippen LogP contribution in [0.2, 0.25) is 0 Å². The van der Waals surface area contributed by atoms with Crippen molar-refractivity contribution in [2.24, 2.45) is 5.92 Å². The lowest BCUT2D eigenvalue weighted by molar-refractivity contribution is -0.132. The lowest BCUT2D eigenvalue weighted by atomic mass is 9.98. The normalized spacial score (nSPS) is 19.5. The molecule has 0 aromatic heterocycles. The lowest BCUT2D eigenvalue weighted by Gasteiger charge is -2.36. The summed E-state index contributed by atoms with van der Waals surface area (Å²) in [5, 5.41) is 2.78. The van der Waals surface area contributed by atoms with Crippen LogP contribution in [0, 0.1) is 19.8 Å². The molecule has 0 radical (unpaired) electrons. The second-order valence-electron chi connectivity index (χ2n) is 5.60. The minimum atomic E-state index is -0.446. The molecule has 0 bridgehead atoms. The molecule has 1 unspecified atom stereocenters. The second kappa shape index (κ2) is 5.56. The van der Waals surface area contributed by atoms with E-state index in [9.17, 15) is 9.59 Å². The first-order chi connectivity index (χ1) is 9.31. The number of amides is 2. The maximum absolute atomic E-state index is 12.6. The van der Waals surface area contributed by atoms with Gasteiger partial charge in [-0.05, 0) is 43.0 Å². The Morgan fingerprint density at radius 1 is 1.25 bits per heavy atom. The van der Waals surface area contributed by atoms with Crippen LogP contribution in [0.4, 0.5) is 5.69 Å². The smallest absolute Gasteiger partial charge is 0.250 e. The van der Waals surface area contributed by atoms with Gasteiger partial charge in [0, 0.05) is 4.47 Å². The van der Waals surface area contributed by atoms with Crippen molar-refractivity contribution in [2.75, 3.05) is 11.4 Å². The number of halogens is 1. The molecule has 20 heavy (non-hydrogen) atoms. The first-order valence-corrected chi connectivity index (χ1v) is 7.48. The molecule has 2 amide bonds. The Kier molecular flexibility index (Phi) is 4.18. The van der Waals surface area contributed by atoms with Crippen molar-refractivity contribution >= 4 is 33.4 Å². The molecule has 5 heteroatoms. The Labute approximate surface area is 127 Å². The van der Waals surface area contributed by atoms with Crippen LogP contribution in [-0.4, -0.2) is 24.4 Å². The van der Waals surface area contributed by atoms with E-state index in [4.69, 9.17) is 0 Å². The van der Waals surface area contributed by atoms with Crippen LogP contribution in [0.15, 0.2) is 16.6 Å². The SMILES string of the molecule is Cc1cc(Br)cc(C)c1N1CC(=O)NC(C(C)C)C1=O. The number of hydrogen-bond donors (Lipinski definition) is 1. The van der Waals surface area contributed by atoms with E-state index in [0.717, 1.165) is 21.3 Å². The first-order valence-electron chi connectivity index (χ1n) is 6.68. The van der Waals surface area contributed by atoms with Gasteiger partial charge in [0.25, 0.3) is 0 Å². The van der Waals surface area contributed by atoms with Gasteiger partial charge in [0.05, 0.1) is 5.69 Å². The van der Waals surface area contributed by atoms with E-state index >= 15 is 0 Å². The Morgan fingerprint density at radius 3 is 2.30 bits per heavy atom. The molecular weight excluding hydrogens is 320 g/mol. The Hall–Kier alpha value is -1.36. The number of aryl methyl sites for hydroxylation is 2. The quantitative estimate of drug-likeness (QED) is 0.900. The van der Waals surface area contributed by atoms with E-state index in [1.165, 1.54) is 0 Å². The molecule has 1 fully saturated rings. The maximum atomic E-state index is 12.6. The summed E-state index contributed by atoms with van der Waals surface area (Å²) < 4.78 is 0.977. The zero-order valence-corrected chi connectivity index (χ0v) is 13.7. The van der Waals surface area contributed by atoms with Gasteiger partial charge in [0.15, 0.2) is 0 Å². The number of benzene rings is 1. The van der Waals surface area contributed by atoms with Crippen LogP contribution in [0.3, 0.4) is 0 Å². The topological polar surface area (TPSA) is 49.4 Å². The van der Waals surface area contributed by atoms with Crippen LogP contribution >= 0.6 is 15.9 Å². The van der Waals surface area contributed by atoms with Crippen LogP contribution < -0.4 is 10.2 Å². The number of rotatable bonds is 2. The average molecular weight is 339 g/mol. The van der Waals surface area contributed by atoms with Crippen molar-refractivity contribution in [3.05, 3.63) is 27.7 Å². The molecule has 2 rings (SSSR count). The number of carbonyl (C=O) groups is 2. The summed E-state index contributed by atoms with van der Waals surface area (Å²) in [6.45, 7) is 7.88. The van der Waals surface area contributed by atoms with Gasteiger partial charge in [-0.2, -0.15) is 0 Å². The fraction of sp³-hybridized carbons (Fsp3) is 0.467. The van der Waals surface area contributed by atoms with E-state index < -0.39 is 6.04 Å². The van der Waals surface area contributed by atoms with Crippen molar-refractivity contribution in [1.82, 2.24) is 5.32 Å². The molecule has 1 aromatic carbocycles. The number of nitrogens with zero attached hydrogens (tertiary/aromatic N) is 1. The van der Waals surface area contributed by atoms with Gasteiger partial charge in [0.1, 0.15) is 12.6 Å². The van der Waals surface area contributed by atoms with Crippen molar-refractivity contribution in [3.63, 3.8) is 0 Å². The standard InChI is InChI=1S/C15H19BrN2O2/c1-8(2)13-15(20)18(7-12(19)17-13)14-9(3)5-11(16)6-10(14)4/h5-6,8,13H,7H2,1-4H3,(H,17,19). The minimum absolute atomic E-state index is 0.0341. The van der Waals surface area contributed by atoms with E-state index in [1.54, 1.807) is 4.90 Å². The summed E-state index contributed by atoms with van der Waals surface area (Å²) in [6.07, 6.45) is 0. The summed E-state index contributed by atoms with van der Waals surface area (Å²) in [7, 11) is 0. The molecule has 0 aliphatic carbocycles. The van der Waals surface area contributed by atoms with Crippen LogP contribution in [0.1, 0.15) is 25.0 Å². The molecule has 1 saturated heterocycles. The van der Waals surface area contributed by atoms with Crippen molar-refractivity contribution < 1.29 is 9.59 Å². The van der Waals surface area contributed by atoms with Crippen LogP contribution in [-0.2, 0) is 9.59 Å².